The van der Waals surface area contributed by atoms with E-state index in [0.29, 0.717) is 6.10 Å². The summed E-state index contributed by atoms with van der Waals surface area (Å²) in [5.41, 5.74) is 4.38. The van der Waals surface area contributed by atoms with Gasteiger partial charge in [0, 0.05) is 38.5 Å². The van der Waals surface area contributed by atoms with Gasteiger partial charge in [-0.25, -0.2) is 0 Å². The molecule has 2 fully saturated rings. The van der Waals surface area contributed by atoms with Crippen molar-refractivity contribution < 1.29 is 4.74 Å². The lowest BCUT2D eigenvalue weighted by Gasteiger charge is -2.32. The maximum Gasteiger partial charge on any atom is 0.0599 e. The molecule has 22 heavy (non-hydrogen) atoms. The number of halogens is 1. The van der Waals surface area contributed by atoms with Crippen molar-refractivity contribution in [1.29, 1.82) is 0 Å². The molecule has 4 rings (SSSR count). The highest BCUT2D eigenvalue weighted by Crippen LogP contribution is 2.31. The van der Waals surface area contributed by atoms with Gasteiger partial charge in [0.15, 0.2) is 0 Å². The zero-order chi connectivity index (χ0) is 14.1. The summed E-state index contributed by atoms with van der Waals surface area (Å²) in [4.78, 5) is 2.59. The van der Waals surface area contributed by atoms with Crippen LogP contribution in [0.4, 0.5) is 5.69 Å². The van der Waals surface area contributed by atoms with Crippen molar-refractivity contribution >= 4 is 18.1 Å². The third-order valence-electron chi connectivity index (χ3n) is 5.13. The normalized spacial score (nSPS) is 22.0. The molecule has 0 unspecified atom stereocenters. The summed E-state index contributed by atoms with van der Waals surface area (Å²) in [6.45, 7) is 5.56. The summed E-state index contributed by atoms with van der Waals surface area (Å²) in [5.74, 6) is 0.890. The van der Waals surface area contributed by atoms with Crippen LogP contribution in [0.3, 0.4) is 0 Å². The van der Waals surface area contributed by atoms with Gasteiger partial charge in [-0.1, -0.05) is 18.2 Å². The Morgan fingerprint density at radius 3 is 2.73 bits per heavy atom. The van der Waals surface area contributed by atoms with E-state index in [0.717, 1.165) is 25.6 Å². The standard InChI is InChI=1S/C18H26N2O.ClH/c1-2-15-6-9-19-18(15)16(3-1)12-20-10-7-17(8-11-20)21-13-14-4-5-14;/h1-3,14,17,19H,4-13H2;1H. The number of piperidine rings is 1. The van der Waals surface area contributed by atoms with Gasteiger partial charge in [0.1, 0.15) is 0 Å². The highest BCUT2D eigenvalue weighted by molar-refractivity contribution is 5.85. The number of para-hydroxylation sites is 1. The molecule has 0 amide bonds. The van der Waals surface area contributed by atoms with Crippen LogP contribution in [-0.2, 0) is 17.7 Å². The number of ether oxygens (including phenoxy) is 1. The lowest BCUT2D eigenvalue weighted by Crippen LogP contribution is -2.36. The molecule has 2 heterocycles. The first kappa shape index (κ1) is 16.1. The van der Waals surface area contributed by atoms with Crippen molar-refractivity contribution in [3.8, 4) is 0 Å². The van der Waals surface area contributed by atoms with Crippen LogP contribution in [0.5, 0.6) is 0 Å². The monoisotopic (exact) mass is 322 g/mol. The van der Waals surface area contributed by atoms with Gasteiger partial charge >= 0.3 is 0 Å². The first-order chi connectivity index (χ1) is 10.4. The first-order valence-electron chi connectivity index (χ1n) is 8.57. The minimum Gasteiger partial charge on any atom is -0.384 e. The third-order valence-corrected chi connectivity index (χ3v) is 5.13. The van der Waals surface area contributed by atoms with Crippen molar-refractivity contribution in [3.63, 3.8) is 0 Å². The summed E-state index contributed by atoms with van der Waals surface area (Å²) >= 11 is 0. The molecule has 1 aromatic carbocycles. The van der Waals surface area contributed by atoms with Gasteiger partial charge in [-0.05, 0) is 49.1 Å². The lowest BCUT2D eigenvalue weighted by molar-refractivity contribution is 0.000973. The number of benzene rings is 1. The van der Waals surface area contributed by atoms with Crippen molar-refractivity contribution in [2.45, 2.75) is 44.8 Å². The van der Waals surface area contributed by atoms with E-state index in [9.17, 15) is 0 Å². The summed E-state index contributed by atoms with van der Waals surface area (Å²) in [6, 6.07) is 6.76. The summed E-state index contributed by atoms with van der Waals surface area (Å²) in [6.07, 6.45) is 6.89. The predicted octanol–water partition coefficient (Wildman–Crippen LogP) is 3.47. The molecule has 0 radical (unpaired) electrons. The Hall–Kier alpha value is -0.770. The number of likely N-dealkylation sites (tertiary alicyclic amines) is 1. The van der Waals surface area contributed by atoms with Crippen molar-refractivity contribution in [1.82, 2.24) is 4.90 Å². The van der Waals surface area contributed by atoms with Crippen LogP contribution in [0, 0.1) is 5.92 Å². The van der Waals surface area contributed by atoms with Crippen LogP contribution in [0.1, 0.15) is 36.8 Å². The molecule has 4 heteroatoms. The fourth-order valence-corrected chi connectivity index (χ4v) is 3.57. The Kier molecular flexibility index (Phi) is 5.27. The van der Waals surface area contributed by atoms with Gasteiger partial charge in [0.2, 0.25) is 0 Å². The van der Waals surface area contributed by atoms with Crippen LogP contribution >= 0.6 is 12.4 Å². The zero-order valence-electron chi connectivity index (χ0n) is 13.2. The molecule has 0 bridgehead atoms. The number of hydrogen-bond acceptors (Lipinski definition) is 3. The summed E-state index contributed by atoms with van der Waals surface area (Å²) in [7, 11) is 0. The van der Waals surface area contributed by atoms with E-state index < -0.39 is 0 Å². The Labute approximate surface area is 139 Å². The Balaban J connectivity index is 0.00000144. The molecule has 3 nitrogen and oxygen atoms in total. The highest BCUT2D eigenvalue weighted by Gasteiger charge is 2.26. The fraction of sp³-hybridized carbons (Fsp3) is 0.667. The van der Waals surface area contributed by atoms with E-state index in [1.54, 1.807) is 0 Å². The van der Waals surface area contributed by atoms with Gasteiger partial charge in [0.05, 0.1) is 6.10 Å². The van der Waals surface area contributed by atoms with Gasteiger partial charge < -0.3 is 10.1 Å². The van der Waals surface area contributed by atoms with E-state index in [2.05, 4.69) is 28.4 Å². The molecule has 1 N–H and O–H groups in total. The maximum atomic E-state index is 6.04. The fourth-order valence-electron chi connectivity index (χ4n) is 3.57. The number of nitrogens with one attached hydrogen (secondary N) is 1. The highest BCUT2D eigenvalue weighted by atomic mass is 35.5. The Morgan fingerprint density at radius 2 is 1.95 bits per heavy atom. The molecular weight excluding hydrogens is 296 g/mol. The topological polar surface area (TPSA) is 24.5 Å². The second-order valence-corrected chi connectivity index (χ2v) is 6.88. The largest absolute Gasteiger partial charge is 0.384 e. The Bertz CT molecular complexity index is 496. The lowest BCUT2D eigenvalue weighted by atomic mass is 10.0. The Morgan fingerprint density at radius 1 is 1.14 bits per heavy atom. The van der Waals surface area contributed by atoms with E-state index in [-0.39, 0.29) is 12.4 Å². The average Bonchev–Trinajstić information content (AvgIpc) is 3.22. The summed E-state index contributed by atoms with van der Waals surface area (Å²) < 4.78 is 6.04. The molecule has 0 spiro atoms. The number of fused-ring (bicyclic) bond motifs is 1. The number of anilines is 1. The van der Waals surface area contributed by atoms with Crippen LogP contribution in [0.25, 0.3) is 0 Å². The van der Waals surface area contributed by atoms with E-state index in [4.69, 9.17) is 4.74 Å². The second-order valence-electron chi connectivity index (χ2n) is 6.88. The van der Waals surface area contributed by atoms with Gasteiger partial charge in [-0.2, -0.15) is 0 Å². The van der Waals surface area contributed by atoms with Gasteiger partial charge in [-0.15, -0.1) is 12.4 Å². The van der Waals surface area contributed by atoms with Crippen LogP contribution in [0.15, 0.2) is 18.2 Å². The zero-order valence-corrected chi connectivity index (χ0v) is 14.0. The second kappa shape index (κ2) is 7.20. The van der Waals surface area contributed by atoms with E-state index >= 15 is 0 Å². The molecule has 2 aliphatic heterocycles. The molecule has 1 saturated carbocycles. The van der Waals surface area contributed by atoms with E-state index in [1.165, 1.54) is 62.0 Å². The van der Waals surface area contributed by atoms with Gasteiger partial charge in [-0.3, -0.25) is 4.90 Å². The quantitative estimate of drug-likeness (QED) is 0.898. The van der Waals surface area contributed by atoms with Crippen LogP contribution in [-0.4, -0.2) is 37.2 Å². The summed E-state index contributed by atoms with van der Waals surface area (Å²) in [5, 5.41) is 3.56. The molecule has 3 aliphatic rings. The number of nitrogens with zero attached hydrogens (tertiary/aromatic N) is 1. The van der Waals surface area contributed by atoms with E-state index in [1.807, 2.05) is 0 Å². The first-order valence-corrected chi connectivity index (χ1v) is 8.57. The molecule has 1 aromatic rings. The molecule has 0 aromatic heterocycles. The van der Waals surface area contributed by atoms with Crippen LogP contribution in [0.2, 0.25) is 0 Å². The van der Waals surface area contributed by atoms with Crippen molar-refractivity contribution in [2.24, 2.45) is 5.92 Å². The van der Waals surface area contributed by atoms with Crippen molar-refractivity contribution in [3.05, 3.63) is 29.3 Å². The minimum atomic E-state index is 0. The van der Waals surface area contributed by atoms with Gasteiger partial charge in [0.25, 0.3) is 0 Å². The number of hydrogen-bond donors (Lipinski definition) is 1. The molecule has 1 saturated heterocycles. The smallest absolute Gasteiger partial charge is 0.0599 e. The SMILES string of the molecule is Cl.c1cc2c(c(CN3CCC(OCC4CC4)CC3)c1)NCC2. The average molecular weight is 323 g/mol. The predicted molar refractivity (Wildman–Crippen MR) is 92.9 cm³/mol. The maximum absolute atomic E-state index is 6.04. The minimum absolute atomic E-state index is 0. The number of rotatable bonds is 5. The van der Waals surface area contributed by atoms with Crippen molar-refractivity contribution in [2.75, 3.05) is 31.6 Å². The molecule has 1 aliphatic carbocycles. The molecule has 0 atom stereocenters. The molecular formula is C18H27ClN2O. The molecule has 122 valence electrons. The van der Waals surface area contributed by atoms with Crippen LogP contribution < -0.4 is 5.32 Å². The third kappa shape index (κ3) is 3.76.